The highest BCUT2D eigenvalue weighted by Crippen LogP contribution is 2.18. The Morgan fingerprint density at radius 1 is 0.941 bits per heavy atom. The first-order chi connectivity index (χ1) is 16.4. The van der Waals surface area contributed by atoms with Crippen molar-refractivity contribution in [3.8, 4) is 0 Å². The number of ketones is 1. The predicted octanol–water partition coefficient (Wildman–Crippen LogP) is 4.48. The minimum Gasteiger partial charge on any atom is -0.506 e. The van der Waals surface area contributed by atoms with E-state index >= 15 is 0 Å². The van der Waals surface area contributed by atoms with Crippen LogP contribution >= 0.6 is 11.6 Å². The summed E-state index contributed by atoms with van der Waals surface area (Å²) >= 11 is 5.88. The van der Waals surface area contributed by atoms with E-state index in [1.54, 1.807) is 52.0 Å². The normalized spacial score (nSPS) is 13.1. The summed E-state index contributed by atoms with van der Waals surface area (Å²) in [5.41, 5.74) is 1.93. The highest BCUT2D eigenvalue weighted by molar-refractivity contribution is 6.30. The zero-order valence-corrected chi connectivity index (χ0v) is 18.5. The molecule has 0 fully saturated rings. The van der Waals surface area contributed by atoms with Gasteiger partial charge in [-0.2, -0.15) is 4.24 Å². The van der Waals surface area contributed by atoms with E-state index in [9.17, 15) is 20.0 Å². The number of aromatic nitrogens is 1. The summed E-state index contributed by atoms with van der Waals surface area (Å²) in [6.07, 6.45) is 14.0. The molecule has 0 saturated carbocycles. The molecule has 0 radical (unpaired) electrons. The average Bonchev–Trinajstić information content (AvgIpc) is 2.85. The van der Waals surface area contributed by atoms with Crippen molar-refractivity contribution in [1.29, 1.82) is 0 Å². The maximum absolute atomic E-state index is 12.4. The number of aliphatic hydroxyl groups is 1. The van der Waals surface area contributed by atoms with Crippen molar-refractivity contribution < 1.29 is 19.1 Å². The van der Waals surface area contributed by atoms with E-state index in [0.717, 1.165) is 10.8 Å². The third kappa shape index (κ3) is 5.46. The molecule has 1 aromatic heterocycles. The van der Waals surface area contributed by atoms with Crippen molar-refractivity contribution >= 4 is 34.4 Å². The van der Waals surface area contributed by atoms with E-state index in [4.69, 9.17) is 11.6 Å². The van der Waals surface area contributed by atoms with Crippen LogP contribution in [0.2, 0.25) is 5.02 Å². The first kappa shape index (κ1) is 22.7. The number of non-ortho nitro benzene ring substituents is 1. The fraction of sp³-hybridized carbons (Fsp3) is 0. The summed E-state index contributed by atoms with van der Waals surface area (Å²) in [6, 6.07) is 16.1. The summed E-state index contributed by atoms with van der Waals surface area (Å²) in [6.45, 7) is 0. The molecule has 7 nitrogen and oxygen atoms in total. The predicted molar refractivity (Wildman–Crippen MR) is 129 cm³/mol. The molecule has 168 valence electrons. The zero-order valence-electron chi connectivity index (χ0n) is 17.8. The SMILES string of the molecule is O=C(C=[n+]1ccc(=C2C=CN(/C=C(/O)c3ccc(Cl)cc3)C=C2)cc1)c1ccc([N+](=O)[O-])cc1. The van der Waals surface area contributed by atoms with Gasteiger partial charge >= 0.3 is 0 Å². The first-order valence-corrected chi connectivity index (χ1v) is 10.6. The van der Waals surface area contributed by atoms with Crippen molar-refractivity contribution in [3.05, 3.63) is 142 Å². The van der Waals surface area contributed by atoms with Crippen molar-refractivity contribution in [2.75, 3.05) is 0 Å². The van der Waals surface area contributed by atoms with Gasteiger partial charge in [0.05, 0.1) is 11.1 Å². The number of pyridine rings is 1. The van der Waals surface area contributed by atoms with Crippen LogP contribution in [0.3, 0.4) is 0 Å². The molecule has 1 aliphatic rings. The fourth-order valence-electron chi connectivity index (χ4n) is 3.23. The maximum Gasteiger partial charge on any atom is 0.269 e. The number of allylic oxidation sites excluding steroid dienone is 2. The lowest BCUT2D eigenvalue weighted by Crippen LogP contribution is -2.22. The van der Waals surface area contributed by atoms with Crippen LogP contribution in [0.4, 0.5) is 5.69 Å². The minimum atomic E-state index is -0.505. The molecule has 0 amide bonds. The van der Waals surface area contributed by atoms with Gasteiger partial charge in [0.15, 0.2) is 12.4 Å². The van der Waals surface area contributed by atoms with E-state index in [0.29, 0.717) is 16.1 Å². The molecule has 0 aliphatic carbocycles. The Hall–Kier alpha value is -4.49. The Kier molecular flexibility index (Phi) is 6.66. The molecule has 4 rings (SSSR count). The van der Waals surface area contributed by atoms with Gasteiger partial charge in [-0.1, -0.05) is 11.6 Å². The number of nitro groups is 1. The second-order valence-corrected chi connectivity index (χ2v) is 7.82. The molecule has 34 heavy (non-hydrogen) atoms. The van der Waals surface area contributed by atoms with Crippen LogP contribution in [-0.2, 0) is 0 Å². The summed E-state index contributed by atoms with van der Waals surface area (Å²) in [5, 5.41) is 22.6. The third-order valence-corrected chi connectivity index (χ3v) is 5.33. The summed E-state index contributed by atoms with van der Waals surface area (Å²) in [7, 11) is 0. The van der Waals surface area contributed by atoms with E-state index < -0.39 is 4.92 Å². The standard InChI is InChI=1S/C26H18ClN3O4/c27-23-5-1-21(2-6-23)25(31)17-28-13-9-19(10-14-28)20-11-15-29(16-12-20)18-26(32)22-3-7-24(8-4-22)30(33)34/h1-18H/p+1/b25-17+. The van der Waals surface area contributed by atoms with Gasteiger partial charge < -0.3 is 10.0 Å². The second kappa shape index (κ2) is 9.97. The molecule has 2 heterocycles. The number of benzene rings is 2. The number of aliphatic hydroxyl groups excluding tert-OH is 1. The quantitative estimate of drug-likeness (QED) is 0.194. The number of carbonyl (C=O) groups is 1. The van der Waals surface area contributed by atoms with Crippen LogP contribution in [0.1, 0.15) is 15.9 Å². The highest BCUT2D eigenvalue weighted by Gasteiger charge is 2.10. The van der Waals surface area contributed by atoms with Gasteiger partial charge in [0.25, 0.3) is 5.69 Å². The second-order valence-electron chi connectivity index (χ2n) is 7.39. The highest BCUT2D eigenvalue weighted by atomic mass is 35.5. The molecule has 0 spiro atoms. The van der Waals surface area contributed by atoms with Gasteiger partial charge in [0.1, 0.15) is 5.76 Å². The van der Waals surface area contributed by atoms with Gasteiger partial charge in [0.2, 0.25) is 12.0 Å². The van der Waals surface area contributed by atoms with Gasteiger partial charge in [-0.15, -0.1) is 0 Å². The molecular weight excluding hydrogens is 454 g/mol. The van der Waals surface area contributed by atoms with Gasteiger partial charge in [-0.05, 0) is 59.3 Å². The number of rotatable bonds is 5. The van der Waals surface area contributed by atoms with Crippen molar-refractivity contribution in [2.24, 2.45) is 0 Å². The Balaban J connectivity index is 1.48. The molecule has 0 unspecified atom stereocenters. The monoisotopic (exact) mass is 472 g/mol. The lowest BCUT2D eigenvalue weighted by atomic mass is 10.1. The number of hydrogen-bond acceptors (Lipinski definition) is 5. The Morgan fingerprint density at radius 3 is 2.12 bits per heavy atom. The van der Waals surface area contributed by atoms with Crippen LogP contribution in [0, 0.1) is 16.3 Å². The molecule has 3 aromatic rings. The Labute approximate surface area is 200 Å². The van der Waals surface area contributed by atoms with Gasteiger partial charge in [-0.3, -0.25) is 14.9 Å². The van der Waals surface area contributed by atoms with Crippen molar-refractivity contribution in [3.63, 3.8) is 0 Å². The number of carbonyl (C=O) groups excluding carboxylic acids is 1. The Morgan fingerprint density at radius 2 is 1.53 bits per heavy atom. The van der Waals surface area contributed by atoms with Crippen LogP contribution in [-0.4, -0.2) is 20.7 Å². The molecular formula is C26H19ClN3O4+. The number of Topliss-reactive ketones (excluding diaryl/α,β-unsaturated/α-hetero) is 1. The van der Waals surface area contributed by atoms with Crippen LogP contribution in [0.5, 0.6) is 0 Å². The number of halogens is 1. The lowest BCUT2D eigenvalue weighted by molar-refractivity contribution is -0.505. The number of nitrogens with zero attached hydrogens (tertiary/aromatic N) is 3. The van der Waals surface area contributed by atoms with Gasteiger partial charge in [-0.25, -0.2) is 0 Å². The third-order valence-electron chi connectivity index (χ3n) is 5.08. The van der Waals surface area contributed by atoms with Crippen LogP contribution < -0.4 is 9.46 Å². The summed E-state index contributed by atoms with van der Waals surface area (Å²) in [4.78, 5) is 24.4. The lowest BCUT2D eigenvalue weighted by Gasteiger charge is -2.15. The van der Waals surface area contributed by atoms with E-state index in [1.165, 1.54) is 30.5 Å². The molecule has 0 bridgehead atoms. The average molecular weight is 473 g/mol. The van der Waals surface area contributed by atoms with Crippen molar-refractivity contribution in [1.82, 2.24) is 4.90 Å². The summed E-state index contributed by atoms with van der Waals surface area (Å²) < 4.78 is 1.63. The smallest absolute Gasteiger partial charge is 0.269 e. The zero-order chi connectivity index (χ0) is 24.1. The van der Waals surface area contributed by atoms with E-state index in [-0.39, 0.29) is 17.2 Å². The molecule has 1 N–H and O–H groups in total. The summed E-state index contributed by atoms with van der Waals surface area (Å²) in [5.74, 6) is -0.149. The Bertz CT molecular complexity index is 1420. The molecule has 1 aliphatic heterocycles. The largest absolute Gasteiger partial charge is 0.506 e. The fourth-order valence-corrected chi connectivity index (χ4v) is 3.35. The van der Waals surface area contributed by atoms with Crippen LogP contribution in [0.15, 0.2) is 104 Å². The van der Waals surface area contributed by atoms with Crippen molar-refractivity contribution in [2.45, 2.75) is 0 Å². The minimum absolute atomic E-state index is 0.0616. The number of hydrogen-bond donors (Lipinski definition) is 1. The molecule has 2 aromatic carbocycles. The molecule has 0 saturated heterocycles. The number of nitro benzene ring substituents is 1. The van der Waals surface area contributed by atoms with E-state index in [1.807, 2.05) is 36.7 Å². The maximum atomic E-state index is 12.4. The van der Waals surface area contributed by atoms with E-state index in [2.05, 4.69) is 0 Å². The first-order valence-electron chi connectivity index (χ1n) is 10.2. The molecule has 8 heteroatoms. The van der Waals surface area contributed by atoms with Crippen LogP contribution in [0.25, 0.3) is 11.3 Å². The van der Waals surface area contributed by atoms with Gasteiger partial charge in [0, 0.05) is 52.8 Å². The topological polar surface area (TPSA) is 89.6 Å². The molecule has 0 atom stereocenters.